The Morgan fingerprint density at radius 2 is 2.06 bits per heavy atom. The Morgan fingerprint density at radius 3 is 2.67 bits per heavy atom. The van der Waals surface area contributed by atoms with E-state index in [2.05, 4.69) is 9.72 Å². The first-order chi connectivity index (χ1) is 8.58. The van der Waals surface area contributed by atoms with Gasteiger partial charge < -0.3 is 9.47 Å². The Hall–Kier alpha value is -2.17. The Morgan fingerprint density at radius 1 is 1.33 bits per heavy atom. The van der Waals surface area contributed by atoms with Crippen LogP contribution in [0.3, 0.4) is 0 Å². The molecule has 0 N–H and O–H groups in total. The molecule has 0 saturated heterocycles. The Bertz CT molecular complexity index is 625. The van der Waals surface area contributed by atoms with E-state index in [1.165, 1.54) is 20.3 Å². The summed E-state index contributed by atoms with van der Waals surface area (Å²) in [4.78, 5) is 15.4. The summed E-state index contributed by atoms with van der Waals surface area (Å²) in [5, 5.41) is 0.522. The predicted molar refractivity (Wildman–Crippen MR) is 64.3 cm³/mol. The van der Waals surface area contributed by atoms with E-state index < -0.39 is 11.8 Å². The lowest BCUT2D eigenvalue weighted by atomic mass is 10.1. The van der Waals surface area contributed by atoms with Crippen LogP contribution in [0.5, 0.6) is 5.75 Å². The Balaban J connectivity index is 2.80. The number of hydrogen-bond donors (Lipinski definition) is 0. The van der Waals surface area contributed by atoms with Crippen molar-refractivity contribution >= 4 is 16.9 Å². The van der Waals surface area contributed by atoms with Gasteiger partial charge in [-0.2, -0.15) is 0 Å². The van der Waals surface area contributed by atoms with E-state index in [1.54, 1.807) is 19.1 Å². The number of ether oxygens (including phenoxy) is 2. The highest BCUT2D eigenvalue weighted by Gasteiger charge is 2.16. The molecule has 1 heterocycles. The van der Waals surface area contributed by atoms with Gasteiger partial charge in [0.25, 0.3) is 0 Å². The normalized spacial score (nSPS) is 10.4. The fourth-order valence-corrected chi connectivity index (χ4v) is 1.71. The lowest BCUT2D eigenvalue weighted by molar-refractivity contribution is 0.0594. The van der Waals surface area contributed by atoms with Gasteiger partial charge in [0, 0.05) is 11.5 Å². The number of carbonyl (C=O) groups is 1. The standard InChI is InChI=1S/C13H12FNO3/c1-7-4-5-8-10(17-2)6-9(13(16)18-3)15-12(8)11(7)14/h4-6H,1-3H3. The molecule has 0 spiro atoms. The van der Waals surface area contributed by atoms with Gasteiger partial charge in [-0.25, -0.2) is 14.2 Å². The molecule has 4 nitrogen and oxygen atoms in total. The van der Waals surface area contributed by atoms with Crippen molar-refractivity contribution in [1.82, 2.24) is 4.98 Å². The maximum atomic E-state index is 14.0. The van der Waals surface area contributed by atoms with E-state index in [1.807, 2.05) is 0 Å². The average molecular weight is 249 g/mol. The zero-order valence-corrected chi connectivity index (χ0v) is 10.3. The van der Waals surface area contributed by atoms with Crippen molar-refractivity contribution in [3.05, 3.63) is 35.3 Å². The lowest BCUT2D eigenvalue weighted by Crippen LogP contribution is -2.06. The van der Waals surface area contributed by atoms with Crippen molar-refractivity contribution in [2.75, 3.05) is 14.2 Å². The van der Waals surface area contributed by atoms with Crippen LogP contribution in [0.25, 0.3) is 10.9 Å². The van der Waals surface area contributed by atoms with Gasteiger partial charge >= 0.3 is 5.97 Å². The van der Waals surface area contributed by atoms with Crippen LogP contribution in [0.15, 0.2) is 18.2 Å². The van der Waals surface area contributed by atoms with Gasteiger partial charge in [-0.1, -0.05) is 6.07 Å². The smallest absolute Gasteiger partial charge is 0.356 e. The van der Waals surface area contributed by atoms with E-state index in [4.69, 9.17) is 4.74 Å². The molecule has 1 aromatic heterocycles. The van der Waals surface area contributed by atoms with Crippen molar-refractivity contribution in [3.63, 3.8) is 0 Å². The molecule has 0 unspecified atom stereocenters. The van der Waals surface area contributed by atoms with Gasteiger partial charge in [0.15, 0.2) is 11.5 Å². The summed E-state index contributed by atoms with van der Waals surface area (Å²) in [5.41, 5.74) is 0.583. The molecular formula is C13H12FNO3. The zero-order chi connectivity index (χ0) is 13.3. The van der Waals surface area contributed by atoms with Gasteiger partial charge in [0.05, 0.1) is 14.2 Å². The van der Waals surface area contributed by atoms with Crippen LogP contribution in [-0.2, 0) is 4.74 Å². The van der Waals surface area contributed by atoms with Crippen LogP contribution in [0.4, 0.5) is 4.39 Å². The zero-order valence-electron chi connectivity index (χ0n) is 10.3. The molecular weight excluding hydrogens is 237 g/mol. The number of halogens is 1. The number of rotatable bonds is 2. The number of aryl methyl sites for hydroxylation is 1. The predicted octanol–water partition coefficient (Wildman–Crippen LogP) is 2.48. The van der Waals surface area contributed by atoms with E-state index >= 15 is 0 Å². The first kappa shape index (κ1) is 12.3. The number of benzene rings is 1. The number of esters is 1. The molecule has 0 bridgehead atoms. The minimum Gasteiger partial charge on any atom is -0.496 e. The summed E-state index contributed by atoms with van der Waals surface area (Å²) >= 11 is 0. The highest BCUT2D eigenvalue weighted by molar-refractivity contribution is 5.94. The summed E-state index contributed by atoms with van der Waals surface area (Å²) in [5.74, 6) is -0.702. The van der Waals surface area contributed by atoms with Gasteiger partial charge in [-0.3, -0.25) is 0 Å². The van der Waals surface area contributed by atoms with Crippen molar-refractivity contribution in [1.29, 1.82) is 0 Å². The Kier molecular flexibility index (Phi) is 3.14. The molecule has 0 aliphatic carbocycles. The van der Waals surface area contributed by atoms with E-state index in [0.717, 1.165) is 0 Å². The summed E-state index contributed by atoms with van der Waals surface area (Å²) in [7, 11) is 2.70. The molecule has 0 radical (unpaired) electrons. The van der Waals surface area contributed by atoms with Gasteiger partial charge in [0.2, 0.25) is 0 Å². The third-order valence-electron chi connectivity index (χ3n) is 2.69. The van der Waals surface area contributed by atoms with Crippen LogP contribution in [0.2, 0.25) is 0 Å². The minimum atomic E-state index is -0.629. The second-order valence-electron chi connectivity index (χ2n) is 3.79. The summed E-state index contributed by atoms with van der Waals surface area (Å²) in [6, 6.07) is 4.78. The van der Waals surface area contributed by atoms with Crippen molar-refractivity contribution in [2.45, 2.75) is 6.92 Å². The fraction of sp³-hybridized carbons (Fsp3) is 0.231. The van der Waals surface area contributed by atoms with Crippen molar-refractivity contribution in [2.24, 2.45) is 0 Å². The van der Waals surface area contributed by atoms with Crippen LogP contribution in [-0.4, -0.2) is 25.2 Å². The molecule has 18 heavy (non-hydrogen) atoms. The molecule has 0 fully saturated rings. The first-order valence-corrected chi connectivity index (χ1v) is 5.30. The molecule has 0 atom stereocenters. The molecule has 0 aliphatic rings. The summed E-state index contributed by atoms with van der Waals surface area (Å²) in [6.07, 6.45) is 0. The number of pyridine rings is 1. The molecule has 0 amide bonds. The summed E-state index contributed by atoms with van der Waals surface area (Å²) < 4.78 is 23.7. The number of nitrogens with zero attached hydrogens (tertiary/aromatic N) is 1. The number of fused-ring (bicyclic) bond motifs is 1. The number of carbonyl (C=O) groups excluding carboxylic acids is 1. The van der Waals surface area contributed by atoms with Gasteiger partial charge in [-0.15, -0.1) is 0 Å². The van der Waals surface area contributed by atoms with Crippen LogP contribution in [0.1, 0.15) is 16.1 Å². The number of methoxy groups -OCH3 is 2. The van der Waals surface area contributed by atoms with E-state index in [-0.39, 0.29) is 11.2 Å². The topological polar surface area (TPSA) is 48.4 Å². The molecule has 1 aromatic carbocycles. The third kappa shape index (κ3) is 1.88. The number of hydrogen-bond acceptors (Lipinski definition) is 4. The average Bonchev–Trinajstić information content (AvgIpc) is 2.41. The van der Waals surface area contributed by atoms with Gasteiger partial charge in [0.1, 0.15) is 11.3 Å². The molecule has 0 aliphatic heterocycles. The van der Waals surface area contributed by atoms with E-state index in [0.29, 0.717) is 16.7 Å². The largest absolute Gasteiger partial charge is 0.496 e. The summed E-state index contributed by atoms with van der Waals surface area (Å²) in [6.45, 7) is 1.63. The molecule has 94 valence electrons. The quantitative estimate of drug-likeness (QED) is 0.767. The van der Waals surface area contributed by atoms with Gasteiger partial charge in [-0.05, 0) is 18.6 Å². The molecule has 5 heteroatoms. The highest BCUT2D eigenvalue weighted by atomic mass is 19.1. The SMILES string of the molecule is COC(=O)c1cc(OC)c2ccc(C)c(F)c2n1. The fourth-order valence-electron chi connectivity index (χ4n) is 1.71. The Labute approximate surface area is 103 Å². The monoisotopic (exact) mass is 249 g/mol. The maximum Gasteiger partial charge on any atom is 0.356 e. The van der Waals surface area contributed by atoms with Crippen LogP contribution < -0.4 is 4.74 Å². The highest BCUT2D eigenvalue weighted by Crippen LogP contribution is 2.28. The minimum absolute atomic E-state index is 0.0198. The van der Waals surface area contributed by atoms with E-state index in [9.17, 15) is 9.18 Å². The second kappa shape index (κ2) is 4.60. The second-order valence-corrected chi connectivity index (χ2v) is 3.79. The maximum absolute atomic E-state index is 14.0. The van der Waals surface area contributed by atoms with Crippen molar-refractivity contribution < 1.29 is 18.7 Å². The molecule has 0 saturated carbocycles. The number of aromatic nitrogens is 1. The van der Waals surface area contributed by atoms with Crippen molar-refractivity contribution in [3.8, 4) is 5.75 Å². The van der Waals surface area contributed by atoms with Crippen LogP contribution >= 0.6 is 0 Å². The van der Waals surface area contributed by atoms with Crippen LogP contribution in [0, 0.1) is 12.7 Å². The molecule has 2 rings (SSSR count). The third-order valence-corrected chi connectivity index (χ3v) is 2.69. The lowest BCUT2D eigenvalue weighted by Gasteiger charge is -2.09. The first-order valence-electron chi connectivity index (χ1n) is 5.30. The molecule has 2 aromatic rings.